The molecule has 16 heavy (non-hydrogen) atoms. The van der Waals surface area contributed by atoms with Crippen LogP contribution >= 0.6 is 0 Å². The van der Waals surface area contributed by atoms with Gasteiger partial charge < -0.3 is 5.32 Å². The highest BCUT2D eigenvalue weighted by Crippen LogP contribution is 2.03. The van der Waals surface area contributed by atoms with Crippen molar-refractivity contribution in [2.24, 2.45) is 0 Å². The van der Waals surface area contributed by atoms with Crippen LogP contribution in [0.1, 0.15) is 19.8 Å². The predicted octanol–water partition coefficient (Wildman–Crippen LogP) is 1.91. The molecule has 2 aromatic rings. The Bertz CT molecular complexity index is 533. The van der Waals surface area contributed by atoms with Gasteiger partial charge in [0.25, 0.3) is 5.56 Å². The summed E-state index contributed by atoms with van der Waals surface area (Å²) in [6.07, 6.45) is 3.93. The maximum Gasteiger partial charge on any atom is 0.259 e. The number of fused-ring (bicyclic) bond motifs is 1. The van der Waals surface area contributed by atoms with Crippen LogP contribution in [0.5, 0.6) is 0 Å². The molecule has 2 heterocycles. The van der Waals surface area contributed by atoms with Gasteiger partial charge in [0.05, 0.1) is 0 Å². The number of pyridine rings is 1. The Balaban J connectivity index is 2.31. The Morgan fingerprint density at radius 1 is 1.44 bits per heavy atom. The number of nitrogens with one attached hydrogen (secondary N) is 1. The van der Waals surface area contributed by atoms with Crippen molar-refractivity contribution in [2.75, 3.05) is 11.9 Å². The second kappa shape index (κ2) is 4.79. The van der Waals surface area contributed by atoms with Gasteiger partial charge in [0.1, 0.15) is 11.5 Å². The molecule has 4 heteroatoms. The standard InChI is InChI=1S/C12H15N3O/c1-2-3-7-13-10-9-12(16)15-8-5-4-6-11(15)14-10/h4-6,8-9,13H,2-3,7H2,1H3. The first-order valence-electron chi connectivity index (χ1n) is 5.53. The summed E-state index contributed by atoms with van der Waals surface area (Å²) in [5, 5.41) is 3.15. The number of hydrogen-bond donors (Lipinski definition) is 1. The van der Waals surface area contributed by atoms with Crippen LogP contribution in [0.2, 0.25) is 0 Å². The fourth-order valence-corrected chi connectivity index (χ4v) is 1.54. The van der Waals surface area contributed by atoms with Crippen molar-refractivity contribution in [2.45, 2.75) is 19.8 Å². The molecule has 0 radical (unpaired) electrons. The average Bonchev–Trinajstić information content (AvgIpc) is 2.30. The molecule has 0 bridgehead atoms. The number of aromatic nitrogens is 2. The molecule has 0 aromatic carbocycles. The summed E-state index contributed by atoms with van der Waals surface area (Å²) in [6, 6.07) is 7.05. The molecule has 4 nitrogen and oxygen atoms in total. The minimum absolute atomic E-state index is 0.0513. The van der Waals surface area contributed by atoms with E-state index in [1.165, 1.54) is 10.5 Å². The molecular weight excluding hydrogens is 202 g/mol. The molecular formula is C12H15N3O. The first-order valence-corrected chi connectivity index (χ1v) is 5.53. The van der Waals surface area contributed by atoms with E-state index in [2.05, 4.69) is 17.2 Å². The first kappa shape index (κ1) is 10.7. The highest BCUT2D eigenvalue weighted by molar-refractivity contribution is 5.46. The molecule has 0 aliphatic carbocycles. The van der Waals surface area contributed by atoms with E-state index in [1.54, 1.807) is 6.20 Å². The molecule has 1 N–H and O–H groups in total. The third kappa shape index (κ3) is 2.21. The number of anilines is 1. The van der Waals surface area contributed by atoms with Gasteiger partial charge in [-0.3, -0.25) is 9.20 Å². The van der Waals surface area contributed by atoms with Crippen LogP contribution in [-0.4, -0.2) is 15.9 Å². The minimum atomic E-state index is -0.0513. The summed E-state index contributed by atoms with van der Waals surface area (Å²) in [6.45, 7) is 2.98. The first-order chi connectivity index (χ1) is 7.81. The number of rotatable bonds is 4. The van der Waals surface area contributed by atoms with E-state index in [0.717, 1.165) is 19.4 Å². The van der Waals surface area contributed by atoms with Crippen molar-refractivity contribution >= 4 is 11.5 Å². The van der Waals surface area contributed by atoms with Gasteiger partial charge in [0.15, 0.2) is 0 Å². The van der Waals surface area contributed by atoms with E-state index < -0.39 is 0 Å². The summed E-state index contributed by atoms with van der Waals surface area (Å²) in [5.41, 5.74) is 0.624. The van der Waals surface area contributed by atoms with Crippen LogP contribution in [0.25, 0.3) is 5.65 Å². The molecule has 0 spiro atoms. The quantitative estimate of drug-likeness (QED) is 0.796. The summed E-state index contributed by atoms with van der Waals surface area (Å²) in [4.78, 5) is 16.1. The monoisotopic (exact) mass is 217 g/mol. The Morgan fingerprint density at radius 3 is 3.12 bits per heavy atom. The van der Waals surface area contributed by atoms with E-state index >= 15 is 0 Å². The van der Waals surface area contributed by atoms with Gasteiger partial charge in [0.2, 0.25) is 0 Å². The fraction of sp³-hybridized carbons (Fsp3) is 0.333. The van der Waals surface area contributed by atoms with Crippen LogP contribution in [0.4, 0.5) is 5.82 Å². The molecule has 2 rings (SSSR count). The highest BCUT2D eigenvalue weighted by Gasteiger charge is 1.99. The lowest BCUT2D eigenvalue weighted by molar-refractivity contribution is 0.830. The highest BCUT2D eigenvalue weighted by atomic mass is 16.1. The van der Waals surface area contributed by atoms with Gasteiger partial charge in [-0.05, 0) is 18.6 Å². The molecule has 0 amide bonds. The van der Waals surface area contributed by atoms with E-state index in [4.69, 9.17) is 0 Å². The average molecular weight is 217 g/mol. The van der Waals surface area contributed by atoms with Crippen molar-refractivity contribution in [3.8, 4) is 0 Å². The van der Waals surface area contributed by atoms with Gasteiger partial charge in [0, 0.05) is 18.8 Å². The normalized spacial score (nSPS) is 10.6. The van der Waals surface area contributed by atoms with E-state index in [9.17, 15) is 4.79 Å². The number of nitrogens with zero attached hydrogens (tertiary/aromatic N) is 2. The molecule has 0 saturated carbocycles. The lowest BCUT2D eigenvalue weighted by atomic mass is 10.3. The summed E-state index contributed by atoms with van der Waals surface area (Å²) in [5.74, 6) is 0.657. The summed E-state index contributed by atoms with van der Waals surface area (Å²) < 4.78 is 1.53. The van der Waals surface area contributed by atoms with Crippen LogP contribution in [0.3, 0.4) is 0 Å². The third-order valence-corrected chi connectivity index (χ3v) is 2.41. The maximum absolute atomic E-state index is 11.7. The van der Waals surface area contributed by atoms with Gasteiger partial charge in [-0.1, -0.05) is 19.4 Å². The van der Waals surface area contributed by atoms with Gasteiger partial charge in [-0.15, -0.1) is 0 Å². The summed E-state index contributed by atoms with van der Waals surface area (Å²) in [7, 11) is 0. The topological polar surface area (TPSA) is 46.4 Å². The molecule has 0 saturated heterocycles. The maximum atomic E-state index is 11.7. The molecule has 0 aliphatic heterocycles. The molecule has 0 fully saturated rings. The number of unbranched alkanes of at least 4 members (excludes halogenated alkanes) is 1. The van der Waals surface area contributed by atoms with Crippen molar-refractivity contribution in [3.05, 3.63) is 40.8 Å². The summed E-state index contributed by atoms with van der Waals surface area (Å²) >= 11 is 0. The van der Waals surface area contributed by atoms with Crippen molar-refractivity contribution in [1.29, 1.82) is 0 Å². The third-order valence-electron chi connectivity index (χ3n) is 2.41. The largest absolute Gasteiger partial charge is 0.370 e. The van der Waals surface area contributed by atoms with Gasteiger partial charge in [-0.2, -0.15) is 0 Å². The molecule has 0 atom stereocenters. The van der Waals surface area contributed by atoms with Crippen molar-refractivity contribution in [3.63, 3.8) is 0 Å². The zero-order valence-electron chi connectivity index (χ0n) is 9.31. The van der Waals surface area contributed by atoms with E-state index in [-0.39, 0.29) is 5.56 Å². The van der Waals surface area contributed by atoms with Crippen LogP contribution in [0.15, 0.2) is 35.3 Å². The Morgan fingerprint density at radius 2 is 2.31 bits per heavy atom. The minimum Gasteiger partial charge on any atom is -0.370 e. The van der Waals surface area contributed by atoms with Gasteiger partial charge >= 0.3 is 0 Å². The molecule has 0 unspecified atom stereocenters. The predicted molar refractivity (Wildman–Crippen MR) is 64.9 cm³/mol. The van der Waals surface area contributed by atoms with Crippen LogP contribution in [-0.2, 0) is 0 Å². The van der Waals surface area contributed by atoms with E-state index in [0.29, 0.717) is 11.5 Å². The lowest BCUT2D eigenvalue weighted by Gasteiger charge is -2.05. The van der Waals surface area contributed by atoms with E-state index in [1.807, 2.05) is 18.2 Å². The Kier molecular flexibility index (Phi) is 3.19. The second-order valence-electron chi connectivity index (χ2n) is 3.69. The lowest BCUT2D eigenvalue weighted by Crippen LogP contribution is -2.15. The van der Waals surface area contributed by atoms with Crippen molar-refractivity contribution in [1.82, 2.24) is 9.38 Å². The second-order valence-corrected chi connectivity index (χ2v) is 3.69. The SMILES string of the molecule is CCCCNc1cc(=O)n2ccccc2n1. The van der Waals surface area contributed by atoms with Gasteiger partial charge in [-0.25, -0.2) is 4.98 Å². The van der Waals surface area contributed by atoms with Crippen LogP contribution < -0.4 is 10.9 Å². The smallest absolute Gasteiger partial charge is 0.259 e. The Hall–Kier alpha value is -1.84. The molecule has 0 aliphatic rings. The number of hydrogen-bond acceptors (Lipinski definition) is 3. The van der Waals surface area contributed by atoms with Crippen LogP contribution in [0, 0.1) is 0 Å². The zero-order valence-corrected chi connectivity index (χ0v) is 9.31. The zero-order chi connectivity index (χ0) is 11.4. The molecule has 2 aromatic heterocycles. The van der Waals surface area contributed by atoms with Crippen molar-refractivity contribution < 1.29 is 0 Å². The Labute approximate surface area is 94.0 Å². The fourth-order valence-electron chi connectivity index (χ4n) is 1.54. The molecule has 84 valence electrons.